The molecule has 0 aliphatic carbocycles. The molecule has 428 valence electrons. The molecule has 0 aliphatic heterocycles. The zero-order chi connectivity index (χ0) is 52.7. The van der Waals surface area contributed by atoms with Crippen LogP contribution < -0.4 is 5.32 Å². The predicted molar refractivity (Wildman–Crippen MR) is 327 cm³/mol. The summed E-state index contributed by atoms with van der Waals surface area (Å²) in [6.45, 7) is 4.23. The van der Waals surface area contributed by atoms with Crippen LogP contribution in [0.5, 0.6) is 0 Å². The lowest BCUT2D eigenvalue weighted by Gasteiger charge is -2.20. The number of hydrogen-bond acceptors (Lipinski definition) is 3. The van der Waals surface area contributed by atoms with E-state index in [1.165, 1.54) is 283 Å². The summed E-state index contributed by atoms with van der Waals surface area (Å²) in [7, 11) is 0. The lowest BCUT2D eigenvalue weighted by molar-refractivity contribution is -0.123. The molecular weight excluding hydrogens is 891 g/mol. The lowest BCUT2D eigenvalue weighted by Crippen LogP contribution is -2.45. The summed E-state index contributed by atoms with van der Waals surface area (Å²) in [5.74, 6) is -0.0581. The molecule has 0 aromatic heterocycles. The quantitative estimate of drug-likeness (QED) is 0.0420. The molecule has 0 saturated heterocycles. The fourth-order valence-corrected chi connectivity index (χ4v) is 10.3. The van der Waals surface area contributed by atoms with Crippen molar-refractivity contribution in [3.05, 3.63) is 60.8 Å². The predicted octanol–water partition coefficient (Wildman–Crippen LogP) is 22.3. The van der Waals surface area contributed by atoms with Crippen LogP contribution in [-0.2, 0) is 4.79 Å². The molecular formula is C69H129NO3. The minimum atomic E-state index is -0.841. The van der Waals surface area contributed by atoms with Gasteiger partial charge in [0.05, 0.1) is 18.8 Å². The zero-order valence-corrected chi connectivity index (χ0v) is 49.4. The van der Waals surface area contributed by atoms with Gasteiger partial charge in [-0.1, -0.05) is 351 Å². The SMILES string of the molecule is CC/C=C\C/C=C\C/C=C\C/C=C\CCCCCCCCCCCCCCCCCCCCCCC(=O)NC(CO)C(O)/C=C/CCCCCCCCCCCCCCCCCCCCCCCCCCCC. The molecule has 3 N–H and O–H groups in total. The van der Waals surface area contributed by atoms with E-state index in [9.17, 15) is 15.0 Å². The Hall–Kier alpha value is -1.91. The minimum Gasteiger partial charge on any atom is -0.394 e. The first kappa shape index (κ1) is 71.1. The normalized spacial score (nSPS) is 13.1. The van der Waals surface area contributed by atoms with E-state index in [0.29, 0.717) is 6.42 Å². The van der Waals surface area contributed by atoms with Crippen LogP contribution in [0.2, 0.25) is 0 Å². The van der Waals surface area contributed by atoms with Gasteiger partial charge in [-0.15, -0.1) is 0 Å². The second-order valence-electron chi connectivity index (χ2n) is 22.5. The molecule has 0 aromatic rings. The molecule has 0 saturated carbocycles. The number of carbonyl (C=O) groups excluding carboxylic acids is 1. The standard InChI is InChI=1S/C69H129NO3/c1-3-5-7-9-11-13-15-17-19-21-23-25-27-29-31-33-34-35-36-37-39-41-43-45-47-49-51-53-55-57-59-61-63-65-69(73)70-67(66-71)68(72)64-62-60-58-56-54-52-50-48-46-44-42-40-38-32-30-28-26-24-22-20-18-16-14-12-10-8-6-4-2/h5,7,11,13,17,19,23,25,62,64,67-68,71-72H,3-4,6,8-10,12,14-16,18,20-22,24,26-61,63,65-66H2,1-2H3,(H,70,73)/b7-5-,13-11-,19-17-,25-23-,64-62+. The number of amides is 1. The van der Waals surface area contributed by atoms with E-state index in [1.807, 2.05) is 6.08 Å². The number of aliphatic hydroxyl groups is 2. The molecule has 4 nitrogen and oxygen atoms in total. The lowest BCUT2D eigenvalue weighted by atomic mass is 10.0. The van der Waals surface area contributed by atoms with Crippen LogP contribution in [0.1, 0.15) is 354 Å². The number of carbonyl (C=O) groups is 1. The largest absolute Gasteiger partial charge is 0.394 e. The fourth-order valence-electron chi connectivity index (χ4n) is 10.3. The van der Waals surface area contributed by atoms with Crippen LogP contribution in [0.25, 0.3) is 0 Å². The van der Waals surface area contributed by atoms with Crippen LogP contribution in [-0.4, -0.2) is 34.9 Å². The minimum absolute atomic E-state index is 0.0581. The van der Waals surface area contributed by atoms with Gasteiger partial charge < -0.3 is 15.5 Å². The van der Waals surface area contributed by atoms with Gasteiger partial charge in [0, 0.05) is 6.42 Å². The van der Waals surface area contributed by atoms with E-state index in [0.717, 1.165) is 51.4 Å². The highest BCUT2D eigenvalue weighted by Crippen LogP contribution is 2.18. The second kappa shape index (κ2) is 64.4. The Bertz CT molecular complexity index is 1200. The van der Waals surface area contributed by atoms with E-state index in [2.05, 4.69) is 67.8 Å². The monoisotopic (exact) mass is 1020 g/mol. The van der Waals surface area contributed by atoms with E-state index >= 15 is 0 Å². The molecule has 0 rings (SSSR count). The third kappa shape index (κ3) is 60.8. The summed E-state index contributed by atoms with van der Waals surface area (Å²) in [5, 5.41) is 23.3. The van der Waals surface area contributed by atoms with Crippen molar-refractivity contribution in [1.29, 1.82) is 0 Å². The average molecular weight is 1020 g/mol. The molecule has 0 aliphatic rings. The number of rotatable bonds is 61. The van der Waals surface area contributed by atoms with Gasteiger partial charge in [0.15, 0.2) is 0 Å². The third-order valence-corrected chi connectivity index (χ3v) is 15.3. The smallest absolute Gasteiger partial charge is 0.220 e. The Balaban J connectivity index is 3.44. The van der Waals surface area contributed by atoms with Crippen molar-refractivity contribution >= 4 is 5.91 Å². The molecule has 1 amide bonds. The van der Waals surface area contributed by atoms with Gasteiger partial charge in [0.25, 0.3) is 0 Å². The fraction of sp³-hybridized carbons (Fsp3) is 0.841. The number of allylic oxidation sites excluding steroid dienone is 9. The van der Waals surface area contributed by atoms with Gasteiger partial charge in [0.1, 0.15) is 0 Å². The number of hydrogen-bond donors (Lipinski definition) is 3. The maximum absolute atomic E-state index is 12.5. The number of aliphatic hydroxyl groups excluding tert-OH is 2. The zero-order valence-electron chi connectivity index (χ0n) is 49.4. The van der Waals surface area contributed by atoms with Crippen molar-refractivity contribution in [2.75, 3.05) is 6.61 Å². The van der Waals surface area contributed by atoms with Crippen molar-refractivity contribution in [2.45, 2.75) is 366 Å². The summed E-state index contributed by atoms with van der Waals surface area (Å²) in [5.41, 5.74) is 0. The molecule has 0 bridgehead atoms. The Morgan fingerprint density at radius 3 is 0.904 bits per heavy atom. The summed E-state index contributed by atoms with van der Waals surface area (Å²) >= 11 is 0. The van der Waals surface area contributed by atoms with Crippen LogP contribution in [0.3, 0.4) is 0 Å². The highest BCUT2D eigenvalue weighted by atomic mass is 16.3. The molecule has 0 fully saturated rings. The molecule has 4 heteroatoms. The second-order valence-corrected chi connectivity index (χ2v) is 22.5. The maximum Gasteiger partial charge on any atom is 0.220 e. The molecule has 0 spiro atoms. The average Bonchev–Trinajstić information content (AvgIpc) is 3.40. The summed E-state index contributed by atoms with van der Waals surface area (Å²) in [6, 6.07) is -0.624. The molecule has 0 radical (unpaired) electrons. The Kier molecular flexibility index (Phi) is 62.7. The highest BCUT2D eigenvalue weighted by molar-refractivity contribution is 5.76. The van der Waals surface area contributed by atoms with Crippen LogP contribution >= 0.6 is 0 Å². The van der Waals surface area contributed by atoms with Crippen LogP contribution in [0, 0.1) is 0 Å². The highest BCUT2D eigenvalue weighted by Gasteiger charge is 2.18. The van der Waals surface area contributed by atoms with Crippen molar-refractivity contribution < 1.29 is 15.0 Å². The number of unbranched alkanes of at least 4 members (excludes halogenated alkanes) is 46. The van der Waals surface area contributed by atoms with Gasteiger partial charge in [-0.05, 0) is 57.8 Å². The Labute approximate surface area is 457 Å². The first-order chi connectivity index (χ1) is 36.2. The number of nitrogens with one attached hydrogen (secondary N) is 1. The topological polar surface area (TPSA) is 69.6 Å². The molecule has 0 aromatic carbocycles. The first-order valence-corrected chi connectivity index (χ1v) is 33.0. The van der Waals surface area contributed by atoms with E-state index in [1.54, 1.807) is 6.08 Å². The molecule has 2 unspecified atom stereocenters. The Morgan fingerprint density at radius 2 is 0.603 bits per heavy atom. The molecule has 73 heavy (non-hydrogen) atoms. The maximum atomic E-state index is 12.5. The Morgan fingerprint density at radius 1 is 0.342 bits per heavy atom. The van der Waals surface area contributed by atoms with Gasteiger partial charge in [-0.25, -0.2) is 0 Å². The molecule has 0 heterocycles. The van der Waals surface area contributed by atoms with E-state index in [4.69, 9.17) is 0 Å². The van der Waals surface area contributed by atoms with Gasteiger partial charge in [0.2, 0.25) is 5.91 Å². The van der Waals surface area contributed by atoms with Crippen molar-refractivity contribution in [1.82, 2.24) is 5.32 Å². The summed E-state index contributed by atoms with van der Waals surface area (Å²) in [6.07, 6.45) is 91.5. The van der Waals surface area contributed by atoms with Crippen molar-refractivity contribution in [3.63, 3.8) is 0 Å². The van der Waals surface area contributed by atoms with Crippen molar-refractivity contribution in [3.8, 4) is 0 Å². The first-order valence-electron chi connectivity index (χ1n) is 33.0. The third-order valence-electron chi connectivity index (χ3n) is 15.3. The van der Waals surface area contributed by atoms with E-state index in [-0.39, 0.29) is 12.5 Å². The van der Waals surface area contributed by atoms with Gasteiger partial charge >= 0.3 is 0 Å². The van der Waals surface area contributed by atoms with Gasteiger partial charge in [-0.3, -0.25) is 4.79 Å². The van der Waals surface area contributed by atoms with Crippen molar-refractivity contribution in [2.24, 2.45) is 0 Å². The summed E-state index contributed by atoms with van der Waals surface area (Å²) < 4.78 is 0. The summed E-state index contributed by atoms with van der Waals surface area (Å²) in [4.78, 5) is 12.5. The van der Waals surface area contributed by atoms with Crippen LogP contribution in [0.15, 0.2) is 60.8 Å². The van der Waals surface area contributed by atoms with E-state index < -0.39 is 12.1 Å². The molecule has 2 atom stereocenters. The van der Waals surface area contributed by atoms with Gasteiger partial charge in [-0.2, -0.15) is 0 Å². The van der Waals surface area contributed by atoms with Crippen LogP contribution in [0.4, 0.5) is 0 Å².